The number of piperidine rings is 1. The Labute approximate surface area is 112 Å². The number of aryl methyl sites for hydroxylation is 1. The molecule has 106 valence electrons. The highest BCUT2D eigenvalue weighted by Crippen LogP contribution is 2.19. The molecular weight excluding hydrogens is 268 g/mol. The van der Waals surface area contributed by atoms with Gasteiger partial charge in [0.1, 0.15) is 11.7 Å². The molecule has 1 aliphatic heterocycles. The summed E-state index contributed by atoms with van der Waals surface area (Å²) < 4.78 is 29.7. The van der Waals surface area contributed by atoms with Crippen LogP contribution in [0, 0.1) is 5.41 Å². The Kier molecular flexibility index (Phi) is 3.76. The van der Waals surface area contributed by atoms with E-state index in [-0.39, 0.29) is 17.2 Å². The third kappa shape index (κ3) is 2.87. The van der Waals surface area contributed by atoms with Gasteiger partial charge >= 0.3 is 10.2 Å². The van der Waals surface area contributed by atoms with Crippen LogP contribution in [-0.4, -0.2) is 41.4 Å². The second-order valence-corrected chi connectivity index (χ2v) is 6.18. The number of anilines is 1. The SMILES string of the molecule is Cn1ncc(C(=N)N)c1NS(=O)(=O)N1CCCCC1. The third-order valence-electron chi connectivity index (χ3n) is 3.11. The maximum atomic E-state index is 12.2. The Morgan fingerprint density at radius 3 is 2.63 bits per heavy atom. The first-order valence-corrected chi connectivity index (χ1v) is 7.50. The predicted octanol–water partition coefficient (Wildman–Crippen LogP) is -0.153. The molecule has 0 aromatic carbocycles. The van der Waals surface area contributed by atoms with Crippen molar-refractivity contribution in [3.8, 4) is 0 Å². The van der Waals surface area contributed by atoms with E-state index in [9.17, 15) is 8.42 Å². The average Bonchev–Trinajstić information content (AvgIpc) is 2.72. The maximum absolute atomic E-state index is 12.2. The van der Waals surface area contributed by atoms with E-state index in [4.69, 9.17) is 11.1 Å². The lowest BCUT2D eigenvalue weighted by Gasteiger charge is -2.26. The van der Waals surface area contributed by atoms with Crippen LogP contribution in [0.1, 0.15) is 24.8 Å². The molecule has 2 heterocycles. The summed E-state index contributed by atoms with van der Waals surface area (Å²) in [5, 5.41) is 11.3. The monoisotopic (exact) mass is 286 g/mol. The minimum atomic E-state index is -3.61. The fourth-order valence-corrected chi connectivity index (χ4v) is 3.40. The van der Waals surface area contributed by atoms with E-state index < -0.39 is 10.2 Å². The van der Waals surface area contributed by atoms with Gasteiger partial charge in [-0.3, -0.25) is 14.8 Å². The molecule has 1 fully saturated rings. The summed E-state index contributed by atoms with van der Waals surface area (Å²) in [5.41, 5.74) is 5.69. The number of nitrogen functional groups attached to an aromatic ring is 1. The normalized spacial score (nSPS) is 17.3. The van der Waals surface area contributed by atoms with Crippen LogP contribution in [-0.2, 0) is 17.3 Å². The van der Waals surface area contributed by atoms with E-state index in [2.05, 4.69) is 9.82 Å². The van der Waals surface area contributed by atoms with Crippen molar-refractivity contribution in [1.29, 1.82) is 5.41 Å². The predicted molar refractivity (Wildman–Crippen MR) is 72.2 cm³/mol. The summed E-state index contributed by atoms with van der Waals surface area (Å²) >= 11 is 0. The highest BCUT2D eigenvalue weighted by Gasteiger charge is 2.26. The zero-order valence-electron chi connectivity index (χ0n) is 10.8. The van der Waals surface area contributed by atoms with E-state index in [1.165, 1.54) is 15.2 Å². The first-order chi connectivity index (χ1) is 8.92. The van der Waals surface area contributed by atoms with Gasteiger partial charge in [-0.25, -0.2) is 0 Å². The molecule has 9 heteroatoms. The highest BCUT2D eigenvalue weighted by atomic mass is 32.2. The fraction of sp³-hybridized carbons (Fsp3) is 0.600. The lowest BCUT2D eigenvalue weighted by Crippen LogP contribution is -2.40. The number of hydrogen-bond acceptors (Lipinski definition) is 4. The molecule has 0 atom stereocenters. The van der Waals surface area contributed by atoms with Gasteiger partial charge in [-0.05, 0) is 12.8 Å². The van der Waals surface area contributed by atoms with Gasteiger partial charge in [0, 0.05) is 20.1 Å². The molecule has 8 nitrogen and oxygen atoms in total. The van der Waals surface area contributed by atoms with Gasteiger partial charge in [0.25, 0.3) is 0 Å². The van der Waals surface area contributed by atoms with Gasteiger partial charge in [-0.1, -0.05) is 6.42 Å². The smallest absolute Gasteiger partial charge is 0.302 e. The average molecular weight is 286 g/mol. The Morgan fingerprint density at radius 2 is 2.05 bits per heavy atom. The highest BCUT2D eigenvalue weighted by molar-refractivity contribution is 7.90. The molecule has 0 radical (unpaired) electrons. The molecule has 0 aliphatic carbocycles. The first kappa shape index (κ1) is 13.8. The van der Waals surface area contributed by atoms with Crippen LogP contribution in [0.4, 0.5) is 5.82 Å². The lowest BCUT2D eigenvalue weighted by molar-refractivity contribution is 0.349. The minimum absolute atomic E-state index is 0.218. The van der Waals surface area contributed by atoms with E-state index in [0.717, 1.165) is 19.3 Å². The first-order valence-electron chi connectivity index (χ1n) is 6.06. The summed E-state index contributed by atoms with van der Waals surface area (Å²) in [6.45, 7) is 1.03. The maximum Gasteiger partial charge on any atom is 0.302 e. The number of nitrogens with two attached hydrogens (primary N) is 1. The number of rotatable bonds is 4. The molecule has 0 unspecified atom stereocenters. The fourth-order valence-electron chi connectivity index (χ4n) is 2.05. The van der Waals surface area contributed by atoms with Crippen LogP contribution >= 0.6 is 0 Å². The molecule has 0 spiro atoms. The second kappa shape index (κ2) is 5.17. The quantitative estimate of drug-likeness (QED) is 0.527. The van der Waals surface area contributed by atoms with Crippen LogP contribution in [0.3, 0.4) is 0 Å². The van der Waals surface area contributed by atoms with E-state index >= 15 is 0 Å². The Balaban J connectivity index is 2.24. The van der Waals surface area contributed by atoms with Crippen molar-refractivity contribution in [2.24, 2.45) is 12.8 Å². The molecule has 0 bridgehead atoms. The van der Waals surface area contributed by atoms with E-state index in [0.29, 0.717) is 13.1 Å². The number of nitrogens with zero attached hydrogens (tertiary/aromatic N) is 3. The van der Waals surface area contributed by atoms with Crippen LogP contribution in [0.2, 0.25) is 0 Å². The van der Waals surface area contributed by atoms with Crippen molar-refractivity contribution in [3.63, 3.8) is 0 Å². The van der Waals surface area contributed by atoms with E-state index in [1.54, 1.807) is 7.05 Å². The molecule has 2 rings (SSSR count). The van der Waals surface area contributed by atoms with Crippen molar-refractivity contribution in [2.45, 2.75) is 19.3 Å². The summed E-state index contributed by atoms with van der Waals surface area (Å²) in [7, 11) is -2.02. The van der Waals surface area contributed by atoms with Crippen LogP contribution in [0.5, 0.6) is 0 Å². The zero-order valence-corrected chi connectivity index (χ0v) is 11.6. The summed E-state index contributed by atoms with van der Waals surface area (Å²) in [5.74, 6) is 0.00233. The molecule has 1 aromatic heterocycles. The molecule has 1 saturated heterocycles. The topological polar surface area (TPSA) is 117 Å². The Morgan fingerprint density at radius 1 is 1.42 bits per heavy atom. The number of amidine groups is 1. The summed E-state index contributed by atoms with van der Waals surface area (Å²) in [6.07, 6.45) is 4.16. The third-order valence-corrected chi connectivity index (χ3v) is 4.61. The Hall–Kier alpha value is -1.61. The molecule has 0 saturated carbocycles. The number of aromatic nitrogens is 2. The number of nitrogens with one attached hydrogen (secondary N) is 2. The van der Waals surface area contributed by atoms with E-state index in [1.807, 2.05) is 0 Å². The summed E-state index contributed by atoms with van der Waals surface area (Å²) in [6, 6.07) is 0. The molecule has 1 aromatic rings. The van der Waals surface area contributed by atoms with Crippen LogP contribution < -0.4 is 10.5 Å². The van der Waals surface area contributed by atoms with Gasteiger partial charge in [0.2, 0.25) is 0 Å². The molecular formula is C10H18N6O2S. The summed E-state index contributed by atoms with van der Waals surface area (Å²) in [4.78, 5) is 0. The lowest BCUT2D eigenvalue weighted by atomic mass is 10.2. The van der Waals surface area contributed by atoms with Gasteiger partial charge in [0.15, 0.2) is 0 Å². The standard InChI is InChI=1S/C10H18N6O2S/c1-15-10(8(7-13-15)9(11)12)14-19(17,18)16-5-3-2-4-6-16/h7,14H,2-6H2,1H3,(H3,11,12). The molecule has 19 heavy (non-hydrogen) atoms. The van der Waals surface area contributed by atoms with Crippen molar-refractivity contribution in [2.75, 3.05) is 17.8 Å². The van der Waals surface area contributed by atoms with Gasteiger partial charge in [0.05, 0.1) is 11.8 Å². The van der Waals surface area contributed by atoms with Crippen molar-refractivity contribution in [1.82, 2.24) is 14.1 Å². The van der Waals surface area contributed by atoms with Crippen LogP contribution in [0.25, 0.3) is 0 Å². The van der Waals surface area contributed by atoms with Gasteiger partial charge in [-0.15, -0.1) is 0 Å². The molecule has 4 N–H and O–H groups in total. The van der Waals surface area contributed by atoms with Crippen molar-refractivity contribution in [3.05, 3.63) is 11.8 Å². The number of hydrogen-bond donors (Lipinski definition) is 3. The Bertz CT molecular complexity index is 573. The van der Waals surface area contributed by atoms with Crippen molar-refractivity contribution < 1.29 is 8.42 Å². The van der Waals surface area contributed by atoms with Crippen LogP contribution in [0.15, 0.2) is 6.20 Å². The van der Waals surface area contributed by atoms with Crippen molar-refractivity contribution >= 4 is 21.9 Å². The molecule has 1 aliphatic rings. The van der Waals surface area contributed by atoms with Gasteiger partial charge in [-0.2, -0.15) is 17.8 Å². The largest absolute Gasteiger partial charge is 0.384 e. The second-order valence-electron chi connectivity index (χ2n) is 4.51. The molecule has 0 amide bonds. The minimum Gasteiger partial charge on any atom is -0.384 e. The van der Waals surface area contributed by atoms with Gasteiger partial charge < -0.3 is 5.73 Å². The zero-order chi connectivity index (χ0) is 14.0.